The number of rotatable bonds is 29. The Hall–Kier alpha value is -3.60. The molecule has 2 aromatic rings. The maximum Gasteiger partial charge on any atom is 0.232 e. The Kier molecular flexibility index (Phi) is 22.8. The van der Waals surface area contributed by atoms with Gasteiger partial charge < -0.3 is 15.1 Å². The summed E-state index contributed by atoms with van der Waals surface area (Å²) in [4.78, 5) is 18.2. The van der Waals surface area contributed by atoms with Crippen molar-refractivity contribution in [2.75, 3.05) is 55.6 Å². The fourth-order valence-electron chi connectivity index (χ4n) is 8.24. The molecule has 1 N–H and O–H groups in total. The Bertz CT molecular complexity index is 1460. The van der Waals surface area contributed by atoms with Crippen molar-refractivity contribution in [2.24, 2.45) is 5.41 Å². The van der Waals surface area contributed by atoms with E-state index in [9.17, 15) is 4.79 Å². The Morgan fingerprint density at radius 2 is 0.930 bits per heavy atom. The molecule has 5 nitrogen and oxygen atoms in total. The van der Waals surface area contributed by atoms with Crippen molar-refractivity contribution in [1.82, 2.24) is 5.32 Å². The summed E-state index contributed by atoms with van der Waals surface area (Å²) in [6.07, 6.45) is 30.7. The molecule has 2 aromatic carbocycles. The lowest BCUT2D eigenvalue weighted by Crippen LogP contribution is -2.43. The van der Waals surface area contributed by atoms with Crippen LogP contribution in [0, 0.1) is 5.41 Å². The third kappa shape index (κ3) is 16.3. The first-order chi connectivity index (χ1) is 27.7. The van der Waals surface area contributed by atoms with Crippen LogP contribution in [0.3, 0.4) is 0 Å². The number of amides is 1. The van der Waals surface area contributed by atoms with Gasteiger partial charge in [0.2, 0.25) is 5.91 Å². The molecule has 0 spiro atoms. The van der Waals surface area contributed by atoms with Crippen LogP contribution < -0.4 is 15.1 Å². The molecule has 3 rings (SSSR count). The van der Waals surface area contributed by atoms with Crippen molar-refractivity contribution < 1.29 is 9.37 Å². The first kappa shape index (κ1) is 47.8. The van der Waals surface area contributed by atoms with Gasteiger partial charge in [0.15, 0.2) is 12.3 Å². The number of hydrogen-bond donors (Lipinski definition) is 1. The van der Waals surface area contributed by atoms with Crippen LogP contribution in [0.5, 0.6) is 0 Å². The number of allylic oxidation sites excluding steroid dienone is 5. The van der Waals surface area contributed by atoms with Gasteiger partial charge in [-0.05, 0) is 114 Å². The van der Waals surface area contributed by atoms with E-state index >= 15 is 0 Å². The maximum absolute atomic E-state index is 13.4. The molecule has 1 aliphatic carbocycles. The minimum Gasteiger partial charge on any atom is -0.372 e. The molecule has 0 unspecified atom stereocenters. The average Bonchev–Trinajstić information content (AvgIpc) is 3.23. The number of carbonyl (C=O) groups excluding carboxylic acids is 1. The lowest BCUT2D eigenvalue weighted by Gasteiger charge is -2.23. The first-order valence-corrected chi connectivity index (χ1v) is 23.4. The molecule has 0 saturated carbocycles. The van der Waals surface area contributed by atoms with Gasteiger partial charge in [-0.1, -0.05) is 128 Å². The third-order valence-electron chi connectivity index (χ3n) is 12.0. The van der Waals surface area contributed by atoms with Crippen molar-refractivity contribution in [3.05, 3.63) is 89.5 Å². The molecule has 1 aliphatic rings. The summed E-state index contributed by atoms with van der Waals surface area (Å²) < 4.78 is 2.34. The van der Waals surface area contributed by atoms with Crippen LogP contribution in [-0.4, -0.2) is 62.0 Å². The molecule has 0 fully saturated rings. The Balaban J connectivity index is 1.55. The second-order valence-corrected chi connectivity index (χ2v) is 16.8. The molecule has 0 atom stereocenters. The highest BCUT2D eigenvalue weighted by molar-refractivity contribution is 6.04. The molecule has 5 heteroatoms. The van der Waals surface area contributed by atoms with Crippen LogP contribution in [0.15, 0.2) is 78.4 Å². The highest BCUT2D eigenvalue weighted by Gasteiger charge is 2.33. The number of carbonyl (C=O) groups is 1. The molecule has 0 aromatic heterocycles. The SMILES string of the molecule is CCCCCCCCCCCCCCCCCCNC(=O)C(C)(C)C[N+](CC)=C1C=CC(=C(c2ccc(N(CC)CC)cc2)c2ccc(N(CC)CC)cc2)C=C1. The Morgan fingerprint density at radius 1 is 0.544 bits per heavy atom. The van der Waals surface area contributed by atoms with Gasteiger partial charge in [0.1, 0.15) is 12.0 Å². The lowest BCUT2D eigenvalue weighted by molar-refractivity contribution is -0.533. The minimum absolute atomic E-state index is 0.149. The molecule has 0 heterocycles. The number of nitrogens with one attached hydrogen (secondary N) is 1. The predicted molar refractivity (Wildman–Crippen MR) is 251 cm³/mol. The first-order valence-electron chi connectivity index (χ1n) is 23.4. The Labute approximate surface area is 350 Å². The van der Waals surface area contributed by atoms with Gasteiger partial charge in [-0.25, -0.2) is 4.58 Å². The summed E-state index contributed by atoms with van der Waals surface area (Å²) >= 11 is 0. The van der Waals surface area contributed by atoms with Gasteiger partial charge in [0, 0.05) is 56.3 Å². The van der Waals surface area contributed by atoms with Crippen molar-refractivity contribution in [2.45, 2.75) is 158 Å². The average molecular weight is 780 g/mol. The van der Waals surface area contributed by atoms with Crippen molar-refractivity contribution in [1.29, 1.82) is 0 Å². The van der Waals surface area contributed by atoms with Crippen LogP contribution in [0.4, 0.5) is 11.4 Å². The van der Waals surface area contributed by atoms with E-state index in [0.717, 1.165) is 51.4 Å². The molecule has 0 saturated heterocycles. The van der Waals surface area contributed by atoms with E-state index in [1.807, 2.05) is 0 Å². The summed E-state index contributed by atoms with van der Waals surface area (Å²) in [5.74, 6) is 0.149. The zero-order valence-electron chi connectivity index (χ0n) is 37.9. The molecule has 316 valence electrons. The van der Waals surface area contributed by atoms with Gasteiger partial charge in [0.05, 0.1) is 0 Å². The van der Waals surface area contributed by atoms with E-state index in [4.69, 9.17) is 0 Å². The van der Waals surface area contributed by atoms with Gasteiger partial charge in [0.25, 0.3) is 0 Å². The lowest BCUT2D eigenvalue weighted by atomic mass is 9.89. The minimum atomic E-state index is -0.500. The van der Waals surface area contributed by atoms with Crippen LogP contribution in [0.2, 0.25) is 0 Å². The highest BCUT2D eigenvalue weighted by atomic mass is 16.2. The van der Waals surface area contributed by atoms with E-state index in [1.165, 1.54) is 130 Å². The predicted octanol–water partition coefficient (Wildman–Crippen LogP) is 13.2. The summed E-state index contributed by atoms with van der Waals surface area (Å²) in [7, 11) is 0. The molecule has 0 radical (unpaired) electrons. The summed E-state index contributed by atoms with van der Waals surface area (Å²) in [5.41, 5.74) is 8.00. The monoisotopic (exact) mass is 780 g/mol. The quantitative estimate of drug-likeness (QED) is 0.0660. The van der Waals surface area contributed by atoms with Crippen molar-refractivity contribution in [3.8, 4) is 0 Å². The second-order valence-electron chi connectivity index (χ2n) is 16.8. The fraction of sp³-hybridized carbons (Fsp3) is 0.615. The van der Waals surface area contributed by atoms with Crippen molar-refractivity contribution in [3.63, 3.8) is 0 Å². The van der Waals surface area contributed by atoms with Crippen molar-refractivity contribution >= 4 is 28.6 Å². The maximum atomic E-state index is 13.4. The smallest absolute Gasteiger partial charge is 0.232 e. The molecular formula is C52H83N4O+. The van der Waals surface area contributed by atoms with E-state index in [0.29, 0.717) is 6.54 Å². The standard InChI is InChI=1S/C52H82N4O/c1-9-15-16-17-18-19-20-21-22-23-24-25-26-27-28-29-42-53-51(57)52(7,8)43-56(14-6)49-40-34-46(35-41-49)50(44-30-36-47(37-31-44)54(10-2)11-3)45-32-38-48(39-33-45)55(12-4)13-5/h30-41H,9-29,42-43H2,1-8H3/p+1. The molecule has 1 amide bonds. The van der Waals surface area contributed by atoms with E-state index < -0.39 is 5.41 Å². The van der Waals surface area contributed by atoms with E-state index in [2.05, 4.69) is 148 Å². The van der Waals surface area contributed by atoms with Crippen LogP contribution >= 0.6 is 0 Å². The number of unbranched alkanes of at least 4 members (excludes halogenated alkanes) is 15. The second kappa shape index (κ2) is 27.2. The Morgan fingerprint density at radius 3 is 1.30 bits per heavy atom. The summed E-state index contributed by atoms with van der Waals surface area (Å²) in [6.45, 7) is 23.7. The third-order valence-corrected chi connectivity index (χ3v) is 12.0. The number of nitrogens with zero attached hydrogens (tertiary/aromatic N) is 3. The molecular weight excluding hydrogens is 697 g/mol. The zero-order chi connectivity index (χ0) is 41.3. The number of anilines is 2. The van der Waals surface area contributed by atoms with Gasteiger partial charge >= 0.3 is 0 Å². The number of hydrogen-bond acceptors (Lipinski definition) is 3. The van der Waals surface area contributed by atoms with Crippen LogP contribution in [-0.2, 0) is 4.79 Å². The van der Waals surface area contributed by atoms with Crippen LogP contribution in [0.25, 0.3) is 5.57 Å². The van der Waals surface area contributed by atoms with E-state index in [-0.39, 0.29) is 5.91 Å². The van der Waals surface area contributed by atoms with E-state index in [1.54, 1.807) is 0 Å². The highest BCUT2D eigenvalue weighted by Crippen LogP contribution is 2.32. The van der Waals surface area contributed by atoms with Gasteiger partial charge in [-0.3, -0.25) is 4.79 Å². The molecule has 0 bridgehead atoms. The molecule has 0 aliphatic heterocycles. The van der Waals surface area contributed by atoms with Gasteiger partial charge in [-0.2, -0.15) is 0 Å². The largest absolute Gasteiger partial charge is 0.372 e. The number of benzene rings is 2. The normalized spacial score (nSPS) is 12.6. The topological polar surface area (TPSA) is 38.6 Å². The summed E-state index contributed by atoms with van der Waals surface area (Å²) in [6, 6.07) is 18.1. The van der Waals surface area contributed by atoms with Crippen LogP contribution in [0.1, 0.15) is 169 Å². The fourth-order valence-corrected chi connectivity index (χ4v) is 8.24. The summed E-state index contributed by atoms with van der Waals surface area (Å²) in [5, 5.41) is 3.28. The van der Waals surface area contributed by atoms with Gasteiger partial charge in [-0.15, -0.1) is 0 Å². The zero-order valence-corrected chi connectivity index (χ0v) is 37.9. The molecule has 57 heavy (non-hydrogen) atoms.